The molecule has 0 unspecified atom stereocenters. The van der Waals surface area contributed by atoms with Gasteiger partial charge in [-0.3, -0.25) is 9.59 Å². The summed E-state index contributed by atoms with van der Waals surface area (Å²) in [6.07, 6.45) is 1.89. The maximum Gasteiger partial charge on any atom is 0.339 e. The number of carbonyl (C=O) groups excluding carboxylic acids is 2. The van der Waals surface area contributed by atoms with Crippen molar-refractivity contribution in [1.82, 2.24) is 0 Å². The molecular formula is C30H30Br2O6S. The van der Waals surface area contributed by atoms with Gasteiger partial charge in [-0.1, -0.05) is 45.4 Å². The van der Waals surface area contributed by atoms with Gasteiger partial charge in [0.05, 0.1) is 8.95 Å². The molecule has 5 rings (SSSR count). The lowest BCUT2D eigenvalue weighted by atomic mass is 9.65. The molecule has 0 saturated carbocycles. The van der Waals surface area contributed by atoms with Crippen LogP contribution in [0.2, 0.25) is 0 Å². The van der Waals surface area contributed by atoms with Crippen molar-refractivity contribution >= 4 is 53.5 Å². The highest BCUT2D eigenvalue weighted by Crippen LogP contribution is 2.54. The fourth-order valence-corrected chi connectivity index (χ4v) is 8.26. The van der Waals surface area contributed by atoms with E-state index in [4.69, 9.17) is 8.92 Å². The number of halogens is 2. The Labute approximate surface area is 246 Å². The monoisotopic (exact) mass is 676 g/mol. The van der Waals surface area contributed by atoms with E-state index in [0.29, 0.717) is 62.9 Å². The number of hydrogen-bond donors (Lipinski definition) is 0. The quantitative estimate of drug-likeness (QED) is 0.309. The number of rotatable bonds is 4. The molecule has 0 spiro atoms. The van der Waals surface area contributed by atoms with Crippen molar-refractivity contribution in [2.45, 2.75) is 71.1 Å². The van der Waals surface area contributed by atoms with Gasteiger partial charge in [-0.25, -0.2) is 0 Å². The highest BCUT2D eigenvalue weighted by Gasteiger charge is 2.48. The molecule has 2 aromatic carbocycles. The molecule has 0 aromatic heterocycles. The zero-order chi connectivity index (χ0) is 28.5. The summed E-state index contributed by atoms with van der Waals surface area (Å²) in [6, 6.07) is 9.87. The summed E-state index contributed by atoms with van der Waals surface area (Å²) >= 11 is 6.98. The Bertz CT molecular complexity index is 1500. The van der Waals surface area contributed by atoms with Gasteiger partial charge in [0.1, 0.15) is 16.4 Å². The zero-order valence-electron chi connectivity index (χ0n) is 22.5. The Morgan fingerprint density at radius 1 is 0.821 bits per heavy atom. The second kappa shape index (κ2) is 9.70. The van der Waals surface area contributed by atoms with E-state index in [1.807, 2.05) is 34.6 Å². The lowest BCUT2D eigenvalue weighted by Gasteiger charge is -2.42. The third-order valence-corrected chi connectivity index (χ3v) is 9.85. The molecule has 3 aliphatic rings. The molecule has 6 nitrogen and oxygen atoms in total. The summed E-state index contributed by atoms with van der Waals surface area (Å²) in [5, 5.41) is 0. The van der Waals surface area contributed by atoms with E-state index in [-0.39, 0.29) is 33.0 Å². The summed E-state index contributed by atoms with van der Waals surface area (Å²) < 4.78 is 38.7. The van der Waals surface area contributed by atoms with Crippen LogP contribution in [0.3, 0.4) is 0 Å². The number of carbonyl (C=O) groups is 2. The van der Waals surface area contributed by atoms with Crippen molar-refractivity contribution < 1.29 is 26.9 Å². The average Bonchev–Trinajstić information content (AvgIpc) is 2.78. The Balaban J connectivity index is 1.61. The lowest BCUT2D eigenvalue weighted by Crippen LogP contribution is -2.37. The first-order valence-electron chi connectivity index (χ1n) is 12.8. The molecule has 1 aliphatic heterocycles. The predicted molar refractivity (Wildman–Crippen MR) is 155 cm³/mol. The van der Waals surface area contributed by atoms with Crippen molar-refractivity contribution in [2.24, 2.45) is 10.8 Å². The first kappa shape index (κ1) is 28.3. The number of allylic oxidation sites excluding steroid dienone is 4. The largest absolute Gasteiger partial charge is 0.465 e. The van der Waals surface area contributed by atoms with E-state index in [2.05, 4.69) is 31.9 Å². The van der Waals surface area contributed by atoms with Gasteiger partial charge in [0, 0.05) is 42.7 Å². The Morgan fingerprint density at radius 2 is 1.28 bits per heavy atom. The van der Waals surface area contributed by atoms with Crippen LogP contribution in [0.5, 0.6) is 5.75 Å². The topological polar surface area (TPSA) is 86.7 Å². The van der Waals surface area contributed by atoms with Crippen LogP contribution >= 0.6 is 31.9 Å². The molecule has 0 atom stereocenters. The van der Waals surface area contributed by atoms with Crippen molar-refractivity contribution in [2.75, 3.05) is 0 Å². The minimum Gasteiger partial charge on any atom is -0.465 e. The van der Waals surface area contributed by atoms with Crippen LogP contribution in [0.1, 0.15) is 70.4 Å². The summed E-state index contributed by atoms with van der Waals surface area (Å²) in [5.74, 6) is 0.656. The number of benzene rings is 2. The lowest BCUT2D eigenvalue weighted by molar-refractivity contribution is -0.120. The Morgan fingerprint density at radius 3 is 1.74 bits per heavy atom. The third kappa shape index (κ3) is 5.42. The number of aryl methyl sites for hydroxylation is 1. The normalized spacial score (nSPS) is 20.9. The number of ketones is 2. The van der Waals surface area contributed by atoms with Crippen molar-refractivity contribution in [1.29, 1.82) is 0 Å². The Hall–Kier alpha value is -2.23. The molecule has 0 bridgehead atoms. The number of ether oxygens (including phenoxy) is 1. The number of Topliss-reactive ketones (excluding diaryl/α,β-unsaturated/α-hetero) is 2. The minimum absolute atomic E-state index is 0.0371. The second-order valence-corrected chi connectivity index (χ2v) is 15.5. The van der Waals surface area contributed by atoms with Gasteiger partial charge in [0.25, 0.3) is 0 Å². The maximum absolute atomic E-state index is 13.5. The van der Waals surface area contributed by atoms with E-state index >= 15 is 0 Å². The maximum atomic E-state index is 13.5. The van der Waals surface area contributed by atoms with Crippen molar-refractivity contribution in [3.63, 3.8) is 0 Å². The summed E-state index contributed by atoms with van der Waals surface area (Å²) in [7, 11) is -4.10. The Kier molecular flexibility index (Phi) is 7.04. The fourth-order valence-electron chi connectivity index (χ4n) is 5.70. The van der Waals surface area contributed by atoms with Gasteiger partial charge < -0.3 is 8.92 Å². The molecule has 9 heteroatoms. The van der Waals surface area contributed by atoms with Crippen LogP contribution in [0, 0.1) is 17.8 Å². The second-order valence-electron chi connectivity index (χ2n) is 12.3. The van der Waals surface area contributed by atoms with E-state index in [1.165, 1.54) is 12.1 Å². The van der Waals surface area contributed by atoms with E-state index in [0.717, 1.165) is 5.56 Å². The van der Waals surface area contributed by atoms with Crippen LogP contribution in [-0.4, -0.2) is 20.0 Å². The van der Waals surface area contributed by atoms with E-state index in [9.17, 15) is 18.0 Å². The molecule has 2 aliphatic carbocycles. The summed E-state index contributed by atoms with van der Waals surface area (Å²) in [4.78, 5) is 27.1. The standard InChI is InChI=1S/C30H30Br2O6S/c1-16-6-8-18(9-7-16)39(35,36)38-28-19(31)10-17(11-20(28)32)25-26-21(33)12-29(2,3)14-23(26)37-24-15-30(4,5)13-22(34)27(24)25/h6-11,25H,12-15H2,1-5H3. The van der Waals surface area contributed by atoms with Gasteiger partial charge in [-0.05, 0) is 79.4 Å². The average molecular weight is 678 g/mol. The van der Waals surface area contributed by atoms with Crippen LogP contribution in [0.15, 0.2) is 72.9 Å². The molecule has 206 valence electrons. The highest BCUT2D eigenvalue weighted by molar-refractivity contribution is 9.11. The summed E-state index contributed by atoms with van der Waals surface area (Å²) in [6.45, 7) is 10.0. The molecule has 0 fully saturated rings. The first-order chi connectivity index (χ1) is 18.1. The smallest absolute Gasteiger partial charge is 0.339 e. The fraction of sp³-hybridized carbons (Fsp3) is 0.400. The molecule has 2 aromatic rings. The molecule has 0 N–H and O–H groups in total. The predicted octanol–water partition coefficient (Wildman–Crippen LogP) is 7.69. The first-order valence-corrected chi connectivity index (χ1v) is 15.8. The van der Waals surface area contributed by atoms with Crippen LogP contribution < -0.4 is 4.18 Å². The molecule has 0 saturated heterocycles. The molecule has 0 amide bonds. The van der Waals surface area contributed by atoms with E-state index < -0.39 is 16.0 Å². The molecular weight excluding hydrogens is 648 g/mol. The minimum atomic E-state index is -4.10. The molecule has 1 heterocycles. The van der Waals surface area contributed by atoms with E-state index in [1.54, 1.807) is 24.3 Å². The van der Waals surface area contributed by atoms with Crippen LogP contribution in [-0.2, 0) is 24.4 Å². The molecule has 39 heavy (non-hydrogen) atoms. The zero-order valence-corrected chi connectivity index (χ0v) is 26.5. The summed E-state index contributed by atoms with van der Waals surface area (Å²) in [5.41, 5.74) is 2.13. The molecule has 0 radical (unpaired) electrons. The van der Waals surface area contributed by atoms with Gasteiger partial charge in [-0.15, -0.1) is 0 Å². The van der Waals surface area contributed by atoms with Gasteiger partial charge in [0.2, 0.25) is 0 Å². The van der Waals surface area contributed by atoms with Crippen LogP contribution in [0.4, 0.5) is 0 Å². The SMILES string of the molecule is Cc1ccc(S(=O)(=O)Oc2c(Br)cc(C3C4=C(CC(C)(C)CC4=O)OC4=C3C(=O)CC(C)(C)C4)cc2Br)cc1. The van der Waals surface area contributed by atoms with Gasteiger partial charge >= 0.3 is 10.1 Å². The number of hydrogen-bond acceptors (Lipinski definition) is 6. The van der Waals surface area contributed by atoms with Crippen molar-refractivity contribution in [3.8, 4) is 5.75 Å². The van der Waals surface area contributed by atoms with Gasteiger partial charge in [-0.2, -0.15) is 8.42 Å². The van der Waals surface area contributed by atoms with Crippen LogP contribution in [0.25, 0.3) is 0 Å². The third-order valence-electron chi connectivity index (χ3n) is 7.44. The van der Waals surface area contributed by atoms with Gasteiger partial charge in [0.15, 0.2) is 17.3 Å². The highest BCUT2D eigenvalue weighted by atomic mass is 79.9. The van der Waals surface area contributed by atoms with Crippen molar-refractivity contribution in [3.05, 3.63) is 79.1 Å².